The fraction of sp³-hybridized carbons (Fsp3) is 0.250. The minimum Gasteiger partial charge on any atom is -0.326 e. The largest absolute Gasteiger partial charge is 0.434 e. The molecule has 16 heavy (non-hydrogen) atoms. The van der Waals surface area contributed by atoms with E-state index in [1.54, 1.807) is 5.51 Å². The summed E-state index contributed by atoms with van der Waals surface area (Å²) >= 11 is 2.21. The first kappa shape index (κ1) is 11.5. The molecule has 0 aliphatic rings. The molecule has 8 heteroatoms. The van der Waals surface area contributed by atoms with Gasteiger partial charge in [0.1, 0.15) is 5.01 Å². The average molecular weight is 265 g/mol. The Hall–Kier alpha value is -0.990. The van der Waals surface area contributed by atoms with Crippen molar-refractivity contribution >= 4 is 22.7 Å². The van der Waals surface area contributed by atoms with Crippen molar-refractivity contribution in [3.05, 3.63) is 22.3 Å². The minimum atomic E-state index is -4.45. The lowest BCUT2D eigenvalue weighted by molar-refractivity contribution is -0.141. The SMILES string of the molecule is NCc1sc(-c2cncs2)nc1C(F)(F)F. The van der Waals surface area contributed by atoms with Crippen LogP contribution in [-0.4, -0.2) is 9.97 Å². The van der Waals surface area contributed by atoms with Gasteiger partial charge in [0.15, 0.2) is 5.69 Å². The zero-order valence-electron chi connectivity index (χ0n) is 7.78. The summed E-state index contributed by atoms with van der Waals surface area (Å²) in [5.74, 6) is 0. The van der Waals surface area contributed by atoms with Crippen molar-refractivity contribution in [1.82, 2.24) is 9.97 Å². The number of alkyl halides is 3. The van der Waals surface area contributed by atoms with Gasteiger partial charge in [-0.05, 0) is 0 Å². The highest BCUT2D eigenvalue weighted by molar-refractivity contribution is 7.20. The van der Waals surface area contributed by atoms with E-state index in [2.05, 4.69) is 9.97 Å². The fourth-order valence-corrected chi connectivity index (χ4v) is 2.78. The van der Waals surface area contributed by atoms with E-state index in [-0.39, 0.29) is 11.4 Å². The molecule has 0 atom stereocenters. The lowest BCUT2D eigenvalue weighted by Gasteiger charge is -2.03. The van der Waals surface area contributed by atoms with E-state index >= 15 is 0 Å². The van der Waals surface area contributed by atoms with Crippen LogP contribution in [0.25, 0.3) is 9.88 Å². The highest BCUT2D eigenvalue weighted by Gasteiger charge is 2.37. The summed E-state index contributed by atoms with van der Waals surface area (Å²) in [7, 11) is 0. The van der Waals surface area contributed by atoms with Gasteiger partial charge in [0.2, 0.25) is 0 Å². The second-order valence-electron chi connectivity index (χ2n) is 2.86. The van der Waals surface area contributed by atoms with Gasteiger partial charge >= 0.3 is 6.18 Å². The maximum atomic E-state index is 12.6. The predicted octanol–water partition coefficient (Wildman–Crippen LogP) is 2.74. The Morgan fingerprint density at radius 3 is 2.56 bits per heavy atom. The Kier molecular flexibility index (Phi) is 2.96. The van der Waals surface area contributed by atoms with E-state index < -0.39 is 11.9 Å². The van der Waals surface area contributed by atoms with Crippen LogP contribution in [0.3, 0.4) is 0 Å². The molecule has 0 saturated heterocycles. The zero-order valence-corrected chi connectivity index (χ0v) is 9.42. The van der Waals surface area contributed by atoms with Gasteiger partial charge in [-0.2, -0.15) is 13.2 Å². The van der Waals surface area contributed by atoms with Crippen molar-refractivity contribution in [2.75, 3.05) is 0 Å². The monoisotopic (exact) mass is 265 g/mol. The highest BCUT2D eigenvalue weighted by Crippen LogP contribution is 2.38. The standard InChI is InChI=1S/C8H6F3N3S2/c9-8(10,11)6-4(1-12)16-7(14-6)5-2-13-3-15-5/h2-3H,1,12H2. The zero-order chi connectivity index (χ0) is 11.8. The molecule has 0 amide bonds. The van der Waals surface area contributed by atoms with Crippen LogP contribution < -0.4 is 5.73 Å². The van der Waals surface area contributed by atoms with Crippen LogP contribution in [-0.2, 0) is 12.7 Å². The molecule has 0 aliphatic carbocycles. The van der Waals surface area contributed by atoms with E-state index in [0.29, 0.717) is 9.88 Å². The summed E-state index contributed by atoms with van der Waals surface area (Å²) in [4.78, 5) is 8.05. The molecule has 0 spiro atoms. The number of hydrogen-bond donors (Lipinski definition) is 1. The molecule has 0 bridgehead atoms. The molecule has 3 nitrogen and oxygen atoms in total. The third kappa shape index (κ3) is 2.08. The van der Waals surface area contributed by atoms with Crippen molar-refractivity contribution in [2.45, 2.75) is 12.7 Å². The molecule has 2 heterocycles. The minimum absolute atomic E-state index is 0.0518. The van der Waals surface area contributed by atoms with Gasteiger partial charge in [-0.15, -0.1) is 22.7 Å². The number of halogens is 3. The van der Waals surface area contributed by atoms with Gasteiger partial charge in [0.05, 0.1) is 15.3 Å². The molecule has 0 unspecified atom stereocenters. The van der Waals surface area contributed by atoms with Crippen molar-refractivity contribution in [2.24, 2.45) is 5.73 Å². The fourth-order valence-electron chi connectivity index (χ4n) is 1.14. The molecule has 2 rings (SSSR count). The number of hydrogen-bond acceptors (Lipinski definition) is 5. The van der Waals surface area contributed by atoms with Crippen LogP contribution in [0, 0.1) is 0 Å². The van der Waals surface area contributed by atoms with Crippen molar-refractivity contribution < 1.29 is 13.2 Å². The summed E-state index contributed by atoms with van der Waals surface area (Å²) in [5, 5.41) is 0.315. The van der Waals surface area contributed by atoms with E-state index in [4.69, 9.17) is 5.73 Å². The van der Waals surface area contributed by atoms with Crippen LogP contribution in [0.1, 0.15) is 10.6 Å². The summed E-state index contributed by atoms with van der Waals surface area (Å²) in [6.45, 7) is -0.161. The molecule has 0 fully saturated rings. The van der Waals surface area contributed by atoms with Gasteiger partial charge < -0.3 is 5.73 Å². The Morgan fingerprint density at radius 1 is 1.38 bits per heavy atom. The molecular weight excluding hydrogens is 259 g/mol. The Balaban J connectivity index is 2.48. The summed E-state index contributed by atoms with van der Waals surface area (Å²) in [6.07, 6.45) is -2.96. The third-order valence-electron chi connectivity index (χ3n) is 1.79. The molecule has 2 aromatic heterocycles. The van der Waals surface area contributed by atoms with E-state index in [0.717, 1.165) is 11.3 Å². The smallest absolute Gasteiger partial charge is 0.326 e. The van der Waals surface area contributed by atoms with Crippen LogP contribution in [0.15, 0.2) is 11.7 Å². The van der Waals surface area contributed by atoms with Crippen LogP contribution >= 0.6 is 22.7 Å². The lowest BCUT2D eigenvalue weighted by Crippen LogP contribution is -2.10. The molecular formula is C8H6F3N3S2. The van der Waals surface area contributed by atoms with Crippen LogP contribution in [0.4, 0.5) is 13.2 Å². The lowest BCUT2D eigenvalue weighted by atomic mass is 10.3. The van der Waals surface area contributed by atoms with Crippen molar-refractivity contribution in [3.8, 4) is 9.88 Å². The molecule has 0 aromatic carbocycles. The summed E-state index contributed by atoms with van der Waals surface area (Å²) < 4.78 is 37.7. The topological polar surface area (TPSA) is 51.8 Å². The third-order valence-corrected chi connectivity index (χ3v) is 3.81. The molecule has 2 N–H and O–H groups in total. The predicted molar refractivity (Wildman–Crippen MR) is 56.1 cm³/mol. The van der Waals surface area contributed by atoms with Gasteiger partial charge in [0.25, 0.3) is 0 Å². The molecule has 2 aromatic rings. The van der Waals surface area contributed by atoms with Gasteiger partial charge in [-0.3, -0.25) is 4.98 Å². The number of thiazole rings is 2. The normalized spacial score (nSPS) is 12.0. The highest BCUT2D eigenvalue weighted by atomic mass is 32.1. The first-order valence-electron chi connectivity index (χ1n) is 4.18. The summed E-state index contributed by atoms with van der Waals surface area (Å²) in [5.41, 5.74) is 5.93. The maximum Gasteiger partial charge on any atom is 0.434 e. The Bertz CT molecular complexity index is 475. The first-order chi connectivity index (χ1) is 7.52. The average Bonchev–Trinajstić information content (AvgIpc) is 2.85. The Labute approximate surface area is 96.8 Å². The number of rotatable bonds is 2. The summed E-state index contributed by atoms with van der Waals surface area (Å²) in [6, 6.07) is 0. The second kappa shape index (κ2) is 4.11. The first-order valence-corrected chi connectivity index (χ1v) is 5.88. The second-order valence-corrected chi connectivity index (χ2v) is 4.83. The van der Waals surface area contributed by atoms with E-state index in [1.807, 2.05) is 0 Å². The maximum absolute atomic E-state index is 12.6. The number of nitrogens with two attached hydrogens (primary N) is 1. The van der Waals surface area contributed by atoms with Crippen LogP contribution in [0.5, 0.6) is 0 Å². The van der Waals surface area contributed by atoms with Crippen molar-refractivity contribution in [3.63, 3.8) is 0 Å². The molecule has 86 valence electrons. The molecule has 0 saturated carbocycles. The molecule has 0 radical (unpaired) electrons. The Morgan fingerprint density at radius 2 is 2.12 bits per heavy atom. The van der Waals surface area contributed by atoms with E-state index in [9.17, 15) is 13.2 Å². The van der Waals surface area contributed by atoms with Gasteiger partial charge in [-0.25, -0.2) is 4.98 Å². The quantitative estimate of drug-likeness (QED) is 0.908. The number of nitrogens with zero attached hydrogens (tertiary/aromatic N) is 2. The number of aromatic nitrogens is 2. The van der Waals surface area contributed by atoms with Crippen molar-refractivity contribution in [1.29, 1.82) is 0 Å². The van der Waals surface area contributed by atoms with Gasteiger partial charge in [-0.1, -0.05) is 0 Å². The van der Waals surface area contributed by atoms with Gasteiger partial charge in [0, 0.05) is 12.7 Å². The van der Waals surface area contributed by atoms with Crippen LogP contribution in [0.2, 0.25) is 0 Å². The van der Waals surface area contributed by atoms with E-state index in [1.165, 1.54) is 17.5 Å². The molecule has 0 aliphatic heterocycles.